The second-order valence-electron chi connectivity index (χ2n) is 5.03. The smallest absolute Gasteiger partial charge is 0.305 e. The third kappa shape index (κ3) is 4.53. The van der Waals surface area contributed by atoms with Crippen molar-refractivity contribution in [3.05, 3.63) is 22.4 Å². The highest BCUT2D eigenvalue weighted by Gasteiger charge is 2.35. The minimum Gasteiger partial charge on any atom is -0.481 e. The van der Waals surface area contributed by atoms with Gasteiger partial charge in [0.05, 0.1) is 24.0 Å². The predicted octanol–water partition coefficient (Wildman–Crippen LogP) is 0.781. The van der Waals surface area contributed by atoms with Crippen LogP contribution in [0.3, 0.4) is 0 Å². The molecule has 0 saturated carbocycles. The van der Waals surface area contributed by atoms with Crippen LogP contribution in [-0.2, 0) is 25.8 Å². The summed E-state index contributed by atoms with van der Waals surface area (Å²) >= 11 is 1.56. The third-order valence-corrected chi connectivity index (χ3v) is 6.06. The average Bonchev–Trinajstić information content (AvgIpc) is 2.87. The number of nitrogens with zero attached hydrogens (tertiary/aromatic N) is 1. The van der Waals surface area contributed by atoms with Crippen LogP contribution in [-0.4, -0.2) is 54.4 Å². The maximum absolute atomic E-state index is 12.2. The van der Waals surface area contributed by atoms with Gasteiger partial charge in [-0.05, 0) is 17.9 Å². The first kappa shape index (κ1) is 16.0. The monoisotopic (exact) mass is 331 g/mol. The van der Waals surface area contributed by atoms with E-state index in [0.29, 0.717) is 6.42 Å². The number of aryl methyl sites for hydroxylation is 1. The Hall–Kier alpha value is -1.41. The second-order valence-corrected chi connectivity index (χ2v) is 8.29. The van der Waals surface area contributed by atoms with Crippen molar-refractivity contribution in [3.8, 4) is 0 Å². The SMILES string of the molecule is O=C(O)CC1CS(=O)(=O)CCN1C(=O)CCc1cccs1. The summed E-state index contributed by atoms with van der Waals surface area (Å²) in [6, 6.07) is 3.09. The van der Waals surface area contributed by atoms with Gasteiger partial charge in [0.1, 0.15) is 0 Å². The minimum absolute atomic E-state index is 0.0869. The number of carboxylic acids is 1. The zero-order chi connectivity index (χ0) is 15.5. The molecule has 1 amide bonds. The maximum atomic E-state index is 12.2. The number of carboxylic acid groups (broad SMARTS) is 1. The van der Waals surface area contributed by atoms with Crippen molar-refractivity contribution in [2.45, 2.75) is 25.3 Å². The lowest BCUT2D eigenvalue weighted by Gasteiger charge is -2.34. The molecule has 1 saturated heterocycles. The quantitative estimate of drug-likeness (QED) is 0.861. The van der Waals surface area contributed by atoms with Gasteiger partial charge >= 0.3 is 5.97 Å². The second kappa shape index (κ2) is 6.57. The summed E-state index contributed by atoms with van der Waals surface area (Å²) in [4.78, 5) is 25.6. The predicted molar refractivity (Wildman–Crippen MR) is 79.0 cm³/mol. The van der Waals surface area contributed by atoms with E-state index in [1.54, 1.807) is 11.3 Å². The molecule has 21 heavy (non-hydrogen) atoms. The molecule has 1 atom stereocenters. The lowest BCUT2D eigenvalue weighted by atomic mass is 10.1. The number of aliphatic carboxylic acids is 1. The highest BCUT2D eigenvalue weighted by atomic mass is 32.2. The molecule has 116 valence electrons. The summed E-state index contributed by atoms with van der Waals surface area (Å²) < 4.78 is 23.3. The Labute approximate surface area is 127 Å². The van der Waals surface area contributed by atoms with Crippen LogP contribution in [0.25, 0.3) is 0 Å². The van der Waals surface area contributed by atoms with Crippen molar-refractivity contribution in [2.75, 3.05) is 18.1 Å². The Morgan fingerprint density at radius 3 is 2.81 bits per heavy atom. The molecule has 1 unspecified atom stereocenters. The lowest BCUT2D eigenvalue weighted by molar-refractivity contribution is -0.140. The molecule has 0 spiro atoms. The Kier molecular flexibility index (Phi) is 5.00. The highest BCUT2D eigenvalue weighted by molar-refractivity contribution is 7.91. The fourth-order valence-corrected chi connectivity index (χ4v) is 4.65. The molecule has 1 aromatic rings. The van der Waals surface area contributed by atoms with Gasteiger partial charge in [0.25, 0.3) is 0 Å². The van der Waals surface area contributed by atoms with Gasteiger partial charge in [0, 0.05) is 17.8 Å². The molecule has 0 bridgehead atoms. The Morgan fingerprint density at radius 1 is 1.43 bits per heavy atom. The zero-order valence-electron chi connectivity index (χ0n) is 11.4. The molecular weight excluding hydrogens is 314 g/mol. The highest BCUT2D eigenvalue weighted by Crippen LogP contribution is 2.18. The van der Waals surface area contributed by atoms with Crippen molar-refractivity contribution in [1.29, 1.82) is 0 Å². The molecule has 8 heteroatoms. The molecule has 0 aliphatic carbocycles. The van der Waals surface area contributed by atoms with Gasteiger partial charge in [-0.2, -0.15) is 0 Å². The van der Waals surface area contributed by atoms with Gasteiger partial charge < -0.3 is 10.0 Å². The van der Waals surface area contributed by atoms with E-state index in [4.69, 9.17) is 5.11 Å². The number of amides is 1. The molecule has 1 aromatic heterocycles. The van der Waals surface area contributed by atoms with Gasteiger partial charge in [-0.3, -0.25) is 9.59 Å². The molecule has 1 aliphatic heterocycles. The van der Waals surface area contributed by atoms with E-state index in [1.165, 1.54) is 4.90 Å². The Bertz CT molecular complexity index is 609. The first-order valence-electron chi connectivity index (χ1n) is 6.61. The summed E-state index contributed by atoms with van der Waals surface area (Å²) in [5.74, 6) is -1.62. The molecule has 1 fully saturated rings. The first-order chi connectivity index (χ1) is 9.87. The standard InChI is InChI=1S/C13H17NO5S2/c15-12(4-3-11-2-1-6-20-11)14-5-7-21(18,19)9-10(14)8-13(16)17/h1-2,6,10H,3-5,7-9H2,(H,16,17). The molecule has 1 aliphatic rings. The molecule has 6 nitrogen and oxygen atoms in total. The largest absolute Gasteiger partial charge is 0.481 e. The molecular formula is C13H17NO5S2. The zero-order valence-corrected chi connectivity index (χ0v) is 13.0. The van der Waals surface area contributed by atoms with Crippen LogP contribution in [0.4, 0.5) is 0 Å². The van der Waals surface area contributed by atoms with E-state index < -0.39 is 21.8 Å². The average molecular weight is 331 g/mol. The topological polar surface area (TPSA) is 91.8 Å². The van der Waals surface area contributed by atoms with E-state index in [1.807, 2.05) is 17.5 Å². The molecule has 1 N–H and O–H groups in total. The van der Waals surface area contributed by atoms with Crippen LogP contribution in [0.2, 0.25) is 0 Å². The van der Waals surface area contributed by atoms with Gasteiger partial charge in [-0.1, -0.05) is 6.07 Å². The van der Waals surface area contributed by atoms with Crippen molar-refractivity contribution < 1.29 is 23.1 Å². The van der Waals surface area contributed by atoms with Crippen LogP contribution in [0.5, 0.6) is 0 Å². The number of carbonyl (C=O) groups is 2. The fraction of sp³-hybridized carbons (Fsp3) is 0.538. The van der Waals surface area contributed by atoms with Gasteiger partial charge in [-0.25, -0.2) is 8.42 Å². The number of hydrogen-bond acceptors (Lipinski definition) is 5. The van der Waals surface area contributed by atoms with E-state index in [-0.39, 0.29) is 36.8 Å². The number of sulfone groups is 1. The number of carbonyl (C=O) groups excluding carboxylic acids is 1. The molecule has 0 radical (unpaired) electrons. The van der Waals surface area contributed by atoms with Crippen molar-refractivity contribution in [2.24, 2.45) is 0 Å². The Balaban J connectivity index is 2.01. The minimum atomic E-state index is -3.26. The summed E-state index contributed by atoms with van der Waals surface area (Å²) in [5, 5.41) is 10.8. The van der Waals surface area contributed by atoms with Crippen LogP contribution < -0.4 is 0 Å². The van der Waals surface area contributed by atoms with E-state index in [2.05, 4.69) is 0 Å². The van der Waals surface area contributed by atoms with Gasteiger partial charge in [0.15, 0.2) is 9.84 Å². The molecule has 2 heterocycles. The maximum Gasteiger partial charge on any atom is 0.305 e. The Morgan fingerprint density at radius 2 is 2.19 bits per heavy atom. The van der Waals surface area contributed by atoms with E-state index in [0.717, 1.165) is 4.88 Å². The van der Waals surface area contributed by atoms with Crippen LogP contribution >= 0.6 is 11.3 Å². The summed E-state index contributed by atoms with van der Waals surface area (Å²) in [6.07, 6.45) is 0.542. The van der Waals surface area contributed by atoms with Crippen molar-refractivity contribution in [3.63, 3.8) is 0 Å². The van der Waals surface area contributed by atoms with Crippen LogP contribution in [0.15, 0.2) is 17.5 Å². The molecule has 0 aromatic carbocycles. The summed E-state index contributed by atoms with van der Waals surface area (Å²) in [6.45, 7) is 0.0869. The van der Waals surface area contributed by atoms with Crippen molar-refractivity contribution >= 4 is 33.1 Å². The van der Waals surface area contributed by atoms with Crippen molar-refractivity contribution in [1.82, 2.24) is 4.90 Å². The van der Waals surface area contributed by atoms with Gasteiger partial charge in [0.2, 0.25) is 5.91 Å². The summed E-state index contributed by atoms with van der Waals surface area (Å²) in [5.41, 5.74) is 0. The van der Waals surface area contributed by atoms with E-state index >= 15 is 0 Å². The third-order valence-electron chi connectivity index (χ3n) is 3.43. The first-order valence-corrected chi connectivity index (χ1v) is 9.31. The van der Waals surface area contributed by atoms with E-state index in [9.17, 15) is 18.0 Å². The molecule has 2 rings (SSSR count). The van der Waals surface area contributed by atoms with Gasteiger partial charge in [-0.15, -0.1) is 11.3 Å². The van der Waals surface area contributed by atoms with Crippen LogP contribution in [0.1, 0.15) is 17.7 Å². The lowest BCUT2D eigenvalue weighted by Crippen LogP contribution is -2.52. The number of rotatable bonds is 5. The number of hydrogen-bond donors (Lipinski definition) is 1. The fourth-order valence-electron chi connectivity index (χ4n) is 2.41. The normalized spacial score (nSPS) is 21.1. The van der Waals surface area contributed by atoms with Crippen LogP contribution in [0, 0.1) is 0 Å². The number of thiophene rings is 1. The summed E-state index contributed by atoms with van der Waals surface area (Å²) in [7, 11) is -3.26.